The molecular formula is C31H39N5O. The zero-order chi connectivity index (χ0) is 26.0. The van der Waals surface area contributed by atoms with Crippen LogP contribution in [0.5, 0.6) is 0 Å². The highest BCUT2D eigenvalue weighted by Crippen LogP contribution is 2.30. The van der Waals surface area contributed by atoms with Crippen LogP contribution in [0, 0.1) is 6.92 Å². The Morgan fingerprint density at radius 1 is 1.00 bits per heavy atom. The topological polar surface area (TPSA) is 71.0 Å². The highest BCUT2D eigenvalue weighted by molar-refractivity contribution is 5.86. The fraction of sp³-hybridized carbons (Fsp3) is 0.355. The van der Waals surface area contributed by atoms with E-state index in [9.17, 15) is 4.79 Å². The first kappa shape index (κ1) is 26.4. The fourth-order valence-electron chi connectivity index (χ4n) is 4.79. The molecule has 0 spiro atoms. The van der Waals surface area contributed by atoms with Gasteiger partial charge in [-0.3, -0.25) is 9.88 Å². The summed E-state index contributed by atoms with van der Waals surface area (Å²) in [6.45, 7) is 9.02. The molecular weight excluding hydrogens is 458 g/mol. The normalized spacial score (nSPS) is 12.9. The van der Waals surface area contributed by atoms with E-state index in [1.807, 2.05) is 26.1 Å². The Labute approximate surface area is 221 Å². The number of aromatic nitrogens is 3. The zero-order valence-corrected chi connectivity index (χ0v) is 22.2. The van der Waals surface area contributed by atoms with Crippen LogP contribution < -0.4 is 5.32 Å². The maximum Gasteiger partial charge on any atom is 0.137 e. The third kappa shape index (κ3) is 6.57. The summed E-state index contributed by atoms with van der Waals surface area (Å²) in [7, 11) is 0. The van der Waals surface area contributed by atoms with E-state index in [0.29, 0.717) is 6.42 Å². The highest BCUT2D eigenvalue weighted by atomic mass is 16.1. The molecule has 194 valence electrons. The SMILES string of the molecule is CC.Cc1ccc(Nc2ncnc3c2CCN(CCCCCC=O)C3)cc1-c1cc2ccccc2cn1.[HH]. The molecule has 6 nitrogen and oxygen atoms in total. The lowest BCUT2D eigenvalue weighted by Crippen LogP contribution is -2.32. The van der Waals surface area contributed by atoms with Gasteiger partial charge in [-0.2, -0.15) is 0 Å². The smallest absolute Gasteiger partial charge is 0.137 e. The number of aldehydes is 1. The zero-order valence-electron chi connectivity index (χ0n) is 22.2. The second-order valence-corrected chi connectivity index (χ2v) is 9.26. The maximum absolute atomic E-state index is 10.5. The van der Waals surface area contributed by atoms with Crippen molar-refractivity contribution in [1.29, 1.82) is 0 Å². The molecule has 1 aliphatic rings. The Balaban J connectivity index is 0.00000130. The van der Waals surface area contributed by atoms with Crippen LogP contribution in [0.25, 0.3) is 22.0 Å². The number of benzene rings is 2. The molecule has 2 aromatic carbocycles. The van der Waals surface area contributed by atoms with Crippen molar-refractivity contribution in [3.63, 3.8) is 0 Å². The first-order chi connectivity index (χ1) is 18.2. The van der Waals surface area contributed by atoms with Gasteiger partial charge in [0.2, 0.25) is 0 Å². The lowest BCUT2D eigenvalue weighted by atomic mass is 10.0. The largest absolute Gasteiger partial charge is 0.340 e. The van der Waals surface area contributed by atoms with Crippen molar-refractivity contribution in [3.8, 4) is 11.3 Å². The molecule has 0 atom stereocenters. The van der Waals surface area contributed by atoms with E-state index in [1.165, 1.54) is 16.5 Å². The summed E-state index contributed by atoms with van der Waals surface area (Å²) >= 11 is 0. The summed E-state index contributed by atoms with van der Waals surface area (Å²) in [4.78, 5) is 26.8. The van der Waals surface area contributed by atoms with Crippen LogP contribution in [-0.4, -0.2) is 39.2 Å². The Hall–Kier alpha value is -3.64. The first-order valence-corrected chi connectivity index (χ1v) is 13.4. The van der Waals surface area contributed by atoms with Crippen molar-refractivity contribution in [2.45, 2.75) is 59.4 Å². The molecule has 0 fully saturated rings. The Morgan fingerprint density at radius 3 is 2.68 bits per heavy atom. The van der Waals surface area contributed by atoms with Crippen molar-refractivity contribution < 1.29 is 6.22 Å². The third-order valence-electron chi connectivity index (χ3n) is 6.79. The van der Waals surface area contributed by atoms with Crippen LogP contribution in [-0.2, 0) is 17.8 Å². The lowest BCUT2D eigenvalue weighted by molar-refractivity contribution is -0.107. The van der Waals surface area contributed by atoms with E-state index in [4.69, 9.17) is 4.98 Å². The van der Waals surface area contributed by atoms with Gasteiger partial charge in [0.25, 0.3) is 0 Å². The molecule has 5 rings (SSSR count). The molecule has 1 N–H and O–H groups in total. The second-order valence-electron chi connectivity index (χ2n) is 9.26. The number of carbonyl (C=O) groups is 1. The number of rotatable bonds is 9. The number of aryl methyl sites for hydroxylation is 1. The average molecular weight is 498 g/mol. The minimum absolute atomic E-state index is 0. The number of fused-ring (bicyclic) bond motifs is 2. The van der Waals surface area contributed by atoms with Crippen molar-refractivity contribution in [1.82, 2.24) is 19.9 Å². The molecule has 0 saturated heterocycles. The molecule has 0 unspecified atom stereocenters. The predicted octanol–water partition coefficient (Wildman–Crippen LogP) is 7.13. The maximum atomic E-state index is 10.5. The van der Waals surface area contributed by atoms with Crippen molar-refractivity contribution in [2.75, 3.05) is 18.4 Å². The summed E-state index contributed by atoms with van der Waals surface area (Å²) in [6, 6.07) is 16.9. The Bertz CT molecular complexity index is 1340. The summed E-state index contributed by atoms with van der Waals surface area (Å²) in [5.41, 5.74) is 6.58. The van der Waals surface area contributed by atoms with Crippen LogP contribution in [0.3, 0.4) is 0 Å². The van der Waals surface area contributed by atoms with Gasteiger partial charge in [-0.05, 0) is 61.9 Å². The average Bonchev–Trinajstić information content (AvgIpc) is 2.95. The number of nitrogens with zero attached hydrogens (tertiary/aromatic N) is 4. The van der Waals surface area contributed by atoms with E-state index >= 15 is 0 Å². The van der Waals surface area contributed by atoms with Crippen LogP contribution in [0.15, 0.2) is 61.1 Å². The minimum Gasteiger partial charge on any atom is -0.340 e. The number of anilines is 2. The number of hydrogen-bond donors (Lipinski definition) is 1. The lowest BCUT2D eigenvalue weighted by Gasteiger charge is -2.28. The molecule has 37 heavy (non-hydrogen) atoms. The highest BCUT2D eigenvalue weighted by Gasteiger charge is 2.21. The quantitative estimate of drug-likeness (QED) is 0.196. The van der Waals surface area contributed by atoms with E-state index < -0.39 is 0 Å². The van der Waals surface area contributed by atoms with Gasteiger partial charge in [0.05, 0.1) is 11.4 Å². The van der Waals surface area contributed by atoms with Gasteiger partial charge in [-0.15, -0.1) is 0 Å². The molecule has 0 saturated carbocycles. The van der Waals surface area contributed by atoms with Crippen molar-refractivity contribution in [2.24, 2.45) is 0 Å². The van der Waals surface area contributed by atoms with Crippen LogP contribution in [0.2, 0.25) is 0 Å². The fourth-order valence-corrected chi connectivity index (χ4v) is 4.79. The Kier molecular flexibility index (Phi) is 9.33. The summed E-state index contributed by atoms with van der Waals surface area (Å²) in [5, 5.41) is 5.89. The van der Waals surface area contributed by atoms with Crippen molar-refractivity contribution >= 4 is 28.6 Å². The molecule has 0 aliphatic carbocycles. The summed E-state index contributed by atoms with van der Waals surface area (Å²) in [5.74, 6) is 0.891. The monoisotopic (exact) mass is 497 g/mol. The molecule has 3 heterocycles. The van der Waals surface area contributed by atoms with Crippen LogP contribution in [0.4, 0.5) is 11.5 Å². The predicted molar refractivity (Wildman–Crippen MR) is 154 cm³/mol. The molecule has 6 heteroatoms. The van der Waals surface area contributed by atoms with Gasteiger partial charge >= 0.3 is 0 Å². The van der Waals surface area contributed by atoms with Gasteiger partial charge in [0.1, 0.15) is 18.4 Å². The minimum atomic E-state index is 0. The van der Waals surface area contributed by atoms with Gasteiger partial charge in [-0.1, -0.05) is 50.6 Å². The molecule has 4 aromatic rings. The molecule has 2 aromatic heterocycles. The number of unbranched alkanes of at least 4 members (excludes halogenated alkanes) is 3. The van der Waals surface area contributed by atoms with Gasteiger partial charge in [-0.25, -0.2) is 9.97 Å². The molecule has 1 aliphatic heterocycles. The van der Waals surface area contributed by atoms with Crippen molar-refractivity contribution in [3.05, 3.63) is 77.9 Å². The molecule has 0 bridgehead atoms. The summed E-state index contributed by atoms with van der Waals surface area (Å²) in [6.07, 6.45) is 9.42. The summed E-state index contributed by atoms with van der Waals surface area (Å²) < 4.78 is 0. The van der Waals surface area contributed by atoms with E-state index in [-0.39, 0.29) is 1.43 Å². The van der Waals surface area contributed by atoms with Gasteiger partial charge in [0, 0.05) is 49.3 Å². The number of carbonyl (C=O) groups excluding carboxylic acids is 1. The van der Waals surface area contributed by atoms with E-state index in [1.54, 1.807) is 6.33 Å². The van der Waals surface area contributed by atoms with E-state index in [0.717, 1.165) is 85.4 Å². The number of pyridine rings is 1. The first-order valence-electron chi connectivity index (χ1n) is 13.4. The Morgan fingerprint density at radius 2 is 1.84 bits per heavy atom. The number of nitrogens with one attached hydrogen (secondary N) is 1. The molecule has 0 amide bonds. The standard InChI is InChI=1S/C29H31N5O.C2H6.H2/c1-21-10-11-24(17-26(21)27-16-22-8-4-5-9-23(22)18-30-27)33-29-25-12-14-34(13-6-2-3-7-15-35)19-28(25)31-20-32-29;1-2;/h4-5,8-11,15-18,20H,2-3,6-7,12-14,19H2,1H3,(H,31,32,33);1-2H3;1H. The number of hydrogen-bond acceptors (Lipinski definition) is 6. The van der Waals surface area contributed by atoms with Gasteiger partial charge < -0.3 is 10.1 Å². The third-order valence-corrected chi connectivity index (χ3v) is 6.79. The van der Waals surface area contributed by atoms with Crippen LogP contribution >= 0.6 is 0 Å². The van der Waals surface area contributed by atoms with Crippen LogP contribution in [0.1, 0.15) is 57.8 Å². The molecule has 0 radical (unpaired) electrons. The van der Waals surface area contributed by atoms with Gasteiger partial charge in [0.15, 0.2) is 0 Å². The second kappa shape index (κ2) is 13.1. The van der Waals surface area contributed by atoms with E-state index in [2.05, 4.69) is 69.6 Å².